The van der Waals surface area contributed by atoms with E-state index in [1.165, 1.54) is 12.1 Å². The molecule has 1 unspecified atom stereocenters. The number of carboxylic acids is 1. The molecule has 0 aromatic heterocycles. The molecule has 0 amide bonds. The van der Waals surface area contributed by atoms with Crippen molar-refractivity contribution >= 4 is 21.5 Å². The topological polar surface area (TPSA) is 83.9 Å². The van der Waals surface area contributed by atoms with E-state index in [-0.39, 0.29) is 11.5 Å². The molecule has 1 aromatic carbocycles. The second-order valence-electron chi connectivity index (χ2n) is 4.39. The number of benzene rings is 1. The van der Waals surface area contributed by atoms with Gasteiger partial charge in [0.05, 0.1) is 18.1 Å². The molecule has 1 saturated heterocycles. The van der Waals surface area contributed by atoms with Crippen molar-refractivity contribution in [2.45, 2.75) is 10.9 Å². The maximum Gasteiger partial charge on any atom is 0.328 e. The van der Waals surface area contributed by atoms with E-state index in [0.29, 0.717) is 18.8 Å². The molecular weight excluding hydrogens is 270 g/mol. The number of rotatable bonds is 3. The van der Waals surface area contributed by atoms with Gasteiger partial charge in [-0.05, 0) is 24.3 Å². The molecule has 1 aromatic rings. The molecule has 0 spiro atoms. The lowest BCUT2D eigenvalue weighted by Crippen LogP contribution is -2.50. The lowest BCUT2D eigenvalue weighted by Gasteiger charge is -2.34. The van der Waals surface area contributed by atoms with Gasteiger partial charge in [-0.1, -0.05) is 0 Å². The summed E-state index contributed by atoms with van der Waals surface area (Å²) < 4.78 is 27.9. The van der Waals surface area contributed by atoms with Crippen molar-refractivity contribution in [3.63, 3.8) is 0 Å². The van der Waals surface area contributed by atoms with Crippen molar-refractivity contribution in [2.75, 3.05) is 30.9 Å². The molecule has 0 aliphatic carbocycles. The van der Waals surface area contributed by atoms with Gasteiger partial charge in [0.15, 0.2) is 15.9 Å². The van der Waals surface area contributed by atoms with Crippen LogP contribution in [0.3, 0.4) is 0 Å². The number of ether oxygens (including phenoxy) is 1. The van der Waals surface area contributed by atoms with Crippen LogP contribution in [0.4, 0.5) is 5.69 Å². The maximum absolute atomic E-state index is 11.4. The molecule has 2 rings (SSSR count). The Kier molecular flexibility index (Phi) is 3.77. The molecule has 1 atom stereocenters. The van der Waals surface area contributed by atoms with E-state index in [2.05, 4.69) is 0 Å². The Balaban J connectivity index is 2.28. The zero-order valence-corrected chi connectivity index (χ0v) is 11.3. The molecule has 104 valence electrons. The van der Waals surface area contributed by atoms with Crippen molar-refractivity contribution in [3.8, 4) is 0 Å². The number of morpholine rings is 1. The Morgan fingerprint density at radius 2 is 2.00 bits per heavy atom. The predicted molar refractivity (Wildman–Crippen MR) is 69.1 cm³/mol. The summed E-state index contributed by atoms with van der Waals surface area (Å²) in [6.45, 7) is 1.05. The van der Waals surface area contributed by atoms with Crippen LogP contribution >= 0.6 is 0 Å². The number of aliphatic carboxylic acids is 1. The zero-order chi connectivity index (χ0) is 14.0. The van der Waals surface area contributed by atoms with Crippen LogP contribution in [-0.4, -0.2) is 51.5 Å². The van der Waals surface area contributed by atoms with Gasteiger partial charge in [0.2, 0.25) is 0 Å². The van der Waals surface area contributed by atoms with Gasteiger partial charge in [-0.15, -0.1) is 0 Å². The molecule has 1 N–H and O–H groups in total. The summed E-state index contributed by atoms with van der Waals surface area (Å²) in [7, 11) is -3.24. The molecule has 7 heteroatoms. The van der Waals surface area contributed by atoms with Crippen LogP contribution in [0.2, 0.25) is 0 Å². The number of carbonyl (C=O) groups is 1. The number of anilines is 1. The van der Waals surface area contributed by atoms with E-state index in [4.69, 9.17) is 9.84 Å². The first-order valence-corrected chi connectivity index (χ1v) is 7.66. The first-order chi connectivity index (χ1) is 8.89. The van der Waals surface area contributed by atoms with E-state index in [1.807, 2.05) is 0 Å². The van der Waals surface area contributed by atoms with Crippen LogP contribution in [-0.2, 0) is 19.4 Å². The minimum Gasteiger partial charge on any atom is -0.480 e. The number of nitrogens with zero attached hydrogens (tertiary/aromatic N) is 1. The van der Waals surface area contributed by atoms with Gasteiger partial charge < -0.3 is 14.7 Å². The van der Waals surface area contributed by atoms with Crippen molar-refractivity contribution in [1.29, 1.82) is 0 Å². The van der Waals surface area contributed by atoms with Crippen molar-refractivity contribution in [3.05, 3.63) is 24.3 Å². The summed E-state index contributed by atoms with van der Waals surface area (Å²) >= 11 is 0. The van der Waals surface area contributed by atoms with Crippen LogP contribution in [0.1, 0.15) is 0 Å². The molecule has 1 aliphatic rings. The average Bonchev–Trinajstić information content (AvgIpc) is 2.38. The summed E-state index contributed by atoms with van der Waals surface area (Å²) in [4.78, 5) is 13.1. The summed E-state index contributed by atoms with van der Waals surface area (Å²) in [5, 5.41) is 9.14. The number of hydrogen-bond acceptors (Lipinski definition) is 5. The first-order valence-electron chi connectivity index (χ1n) is 5.77. The van der Waals surface area contributed by atoms with Crippen LogP contribution in [0, 0.1) is 0 Å². The van der Waals surface area contributed by atoms with Crippen LogP contribution < -0.4 is 4.90 Å². The second-order valence-corrected chi connectivity index (χ2v) is 6.40. The maximum atomic E-state index is 11.4. The van der Waals surface area contributed by atoms with Gasteiger partial charge in [0.25, 0.3) is 0 Å². The summed E-state index contributed by atoms with van der Waals surface area (Å²) in [5.74, 6) is -0.952. The van der Waals surface area contributed by atoms with Crippen molar-refractivity contribution in [2.24, 2.45) is 0 Å². The lowest BCUT2D eigenvalue weighted by molar-refractivity contribution is -0.141. The lowest BCUT2D eigenvalue weighted by atomic mass is 10.2. The van der Waals surface area contributed by atoms with Crippen molar-refractivity contribution < 1.29 is 23.1 Å². The highest BCUT2D eigenvalue weighted by Crippen LogP contribution is 2.22. The Labute approximate surface area is 111 Å². The smallest absolute Gasteiger partial charge is 0.328 e. The normalized spacial score (nSPS) is 20.3. The highest BCUT2D eigenvalue weighted by molar-refractivity contribution is 7.90. The van der Waals surface area contributed by atoms with E-state index in [0.717, 1.165) is 6.26 Å². The quantitative estimate of drug-likeness (QED) is 0.864. The minimum absolute atomic E-state index is 0.128. The summed E-state index contributed by atoms with van der Waals surface area (Å²) in [6.07, 6.45) is 1.14. The molecule has 1 heterocycles. The van der Waals surface area contributed by atoms with E-state index < -0.39 is 21.8 Å². The minimum atomic E-state index is -3.24. The third-order valence-corrected chi connectivity index (χ3v) is 4.14. The Morgan fingerprint density at radius 3 is 2.53 bits per heavy atom. The summed E-state index contributed by atoms with van der Waals surface area (Å²) in [5.41, 5.74) is 0.683. The van der Waals surface area contributed by atoms with Crippen LogP contribution in [0.25, 0.3) is 0 Å². The zero-order valence-electron chi connectivity index (χ0n) is 10.4. The van der Waals surface area contributed by atoms with E-state index in [9.17, 15) is 13.2 Å². The third kappa shape index (κ3) is 3.05. The fourth-order valence-corrected chi connectivity index (χ4v) is 2.63. The number of hydrogen-bond donors (Lipinski definition) is 1. The fourth-order valence-electron chi connectivity index (χ4n) is 2.00. The van der Waals surface area contributed by atoms with Gasteiger partial charge in [0, 0.05) is 18.5 Å². The SMILES string of the molecule is CS(=O)(=O)c1ccc(N2CCOCC2C(=O)O)cc1. The highest BCUT2D eigenvalue weighted by atomic mass is 32.2. The van der Waals surface area contributed by atoms with Gasteiger partial charge in [-0.2, -0.15) is 0 Å². The number of carboxylic acid groups (broad SMARTS) is 1. The van der Waals surface area contributed by atoms with Gasteiger partial charge >= 0.3 is 5.97 Å². The molecule has 1 fully saturated rings. The monoisotopic (exact) mass is 285 g/mol. The van der Waals surface area contributed by atoms with Gasteiger partial charge in [-0.3, -0.25) is 0 Å². The standard InChI is InChI=1S/C12H15NO5S/c1-19(16,17)10-4-2-9(3-5-10)13-6-7-18-8-11(13)12(14)15/h2-5,11H,6-8H2,1H3,(H,14,15). The van der Waals surface area contributed by atoms with Gasteiger partial charge in [0.1, 0.15) is 0 Å². The van der Waals surface area contributed by atoms with Crippen molar-refractivity contribution in [1.82, 2.24) is 0 Å². The molecule has 1 aliphatic heterocycles. The second kappa shape index (κ2) is 5.18. The third-order valence-electron chi connectivity index (χ3n) is 3.01. The first kappa shape index (κ1) is 13.8. The molecule has 0 bridgehead atoms. The van der Waals surface area contributed by atoms with E-state index >= 15 is 0 Å². The molecule has 0 radical (unpaired) electrons. The molecular formula is C12H15NO5S. The Morgan fingerprint density at radius 1 is 1.37 bits per heavy atom. The Hall–Kier alpha value is -1.60. The van der Waals surface area contributed by atoms with Crippen LogP contribution in [0.15, 0.2) is 29.2 Å². The average molecular weight is 285 g/mol. The number of sulfone groups is 1. The fraction of sp³-hybridized carbons (Fsp3) is 0.417. The predicted octanol–water partition coefficient (Wildman–Crippen LogP) is 0.380. The summed E-state index contributed by atoms with van der Waals surface area (Å²) in [6, 6.07) is 5.48. The Bertz CT molecular complexity index is 566. The largest absolute Gasteiger partial charge is 0.480 e. The van der Waals surface area contributed by atoms with Crippen LogP contribution in [0.5, 0.6) is 0 Å². The molecule has 6 nitrogen and oxygen atoms in total. The molecule has 0 saturated carbocycles. The highest BCUT2D eigenvalue weighted by Gasteiger charge is 2.29. The van der Waals surface area contributed by atoms with Gasteiger partial charge in [-0.25, -0.2) is 13.2 Å². The molecule has 19 heavy (non-hydrogen) atoms. The van der Waals surface area contributed by atoms with E-state index in [1.54, 1.807) is 17.0 Å².